The molecule has 1 aliphatic heterocycles. The van der Waals surface area contributed by atoms with Gasteiger partial charge in [0.1, 0.15) is 6.10 Å². The number of nitrogens with one attached hydrogen (secondary N) is 1. The molecule has 0 aromatic heterocycles. The van der Waals surface area contributed by atoms with Gasteiger partial charge in [-0.3, -0.25) is 0 Å². The zero-order valence-corrected chi connectivity index (χ0v) is 12.0. The third-order valence-electron chi connectivity index (χ3n) is 3.76. The first-order valence-corrected chi connectivity index (χ1v) is 7.15. The van der Waals surface area contributed by atoms with Crippen LogP contribution in [0.15, 0.2) is 60.7 Å². The molecule has 0 saturated carbocycles. The quantitative estimate of drug-likeness (QED) is 0.892. The van der Waals surface area contributed by atoms with Gasteiger partial charge in [0.2, 0.25) is 0 Å². The summed E-state index contributed by atoms with van der Waals surface area (Å²) in [6, 6.07) is 21.2. The van der Waals surface area contributed by atoms with Crippen molar-refractivity contribution < 1.29 is 4.74 Å². The molecule has 1 aliphatic rings. The Morgan fingerprint density at radius 1 is 0.900 bits per heavy atom. The lowest BCUT2D eigenvalue weighted by Crippen LogP contribution is -2.52. The average molecular weight is 267 g/mol. The van der Waals surface area contributed by atoms with Crippen molar-refractivity contribution in [2.24, 2.45) is 0 Å². The summed E-state index contributed by atoms with van der Waals surface area (Å²) in [5, 5.41) is 3.73. The number of ether oxygens (including phenoxy) is 1. The second-order valence-corrected chi connectivity index (χ2v) is 6.06. The molecule has 1 heterocycles. The van der Waals surface area contributed by atoms with Crippen molar-refractivity contribution in [1.29, 1.82) is 0 Å². The summed E-state index contributed by atoms with van der Waals surface area (Å²) in [7, 11) is 0. The summed E-state index contributed by atoms with van der Waals surface area (Å²) in [5.74, 6) is 0. The molecule has 20 heavy (non-hydrogen) atoms. The first kappa shape index (κ1) is 13.3. The molecule has 2 nitrogen and oxygen atoms in total. The summed E-state index contributed by atoms with van der Waals surface area (Å²) < 4.78 is 6.18. The van der Waals surface area contributed by atoms with Crippen molar-refractivity contribution in [2.75, 3.05) is 6.61 Å². The molecule has 0 radical (unpaired) electrons. The summed E-state index contributed by atoms with van der Waals surface area (Å²) >= 11 is 0. The molecule has 2 unspecified atom stereocenters. The first-order valence-electron chi connectivity index (χ1n) is 7.15. The summed E-state index contributed by atoms with van der Waals surface area (Å²) in [6.07, 6.45) is 0.0617. The minimum Gasteiger partial charge on any atom is -0.370 e. The number of hydrogen-bond acceptors (Lipinski definition) is 2. The van der Waals surface area contributed by atoms with Gasteiger partial charge >= 0.3 is 0 Å². The van der Waals surface area contributed by atoms with E-state index in [2.05, 4.69) is 73.8 Å². The van der Waals surface area contributed by atoms with Crippen LogP contribution in [-0.2, 0) is 4.74 Å². The Hall–Kier alpha value is -1.64. The van der Waals surface area contributed by atoms with Gasteiger partial charge in [-0.05, 0) is 25.0 Å². The van der Waals surface area contributed by atoms with E-state index in [4.69, 9.17) is 4.74 Å². The van der Waals surface area contributed by atoms with Crippen LogP contribution < -0.4 is 5.32 Å². The highest BCUT2D eigenvalue weighted by atomic mass is 16.5. The maximum absolute atomic E-state index is 6.18. The van der Waals surface area contributed by atoms with Gasteiger partial charge < -0.3 is 10.1 Å². The standard InChI is InChI=1S/C18H21NO/c1-18(2)13-20-17(15-11-7-4-8-12-15)16(19-18)14-9-5-3-6-10-14/h3-12,16-17,19H,13H2,1-2H3. The number of rotatable bonds is 2. The van der Waals surface area contributed by atoms with Crippen LogP contribution in [0.1, 0.15) is 37.1 Å². The van der Waals surface area contributed by atoms with Crippen molar-refractivity contribution in [3.05, 3.63) is 71.8 Å². The van der Waals surface area contributed by atoms with Crippen LogP contribution in [0, 0.1) is 0 Å². The molecule has 104 valence electrons. The van der Waals surface area contributed by atoms with E-state index < -0.39 is 0 Å². The second-order valence-electron chi connectivity index (χ2n) is 6.06. The van der Waals surface area contributed by atoms with Crippen LogP contribution in [0.5, 0.6) is 0 Å². The molecule has 3 rings (SSSR count). The lowest BCUT2D eigenvalue weighted by atomic mass is 9.90. The molecule has 2 heteroatoms. The zero-order valence-electron chi connectivity index (χ0n) is 12.0. The van der Waals surface area contributed by atoms with Gasteiger partial charge in [-0.15, -0.1) is 0 Å². The maximum atomic E-state index is 6.18. The van der Waals surface area contributed by atoms with Gasteiger partial charge in [-0.1, -0.05) is 60.7 Å². The molecule has 2 aromatic carbocycles. The smallest absolute Gasteiger partial charge is 0.102 e. The van der Waals surface area contributed by atoms with E-state index in [1.807, 2.05) is 6.07 Å². The predicted octanol–water partition coefficient (Wildman–Crippen LogP) is 3.87. The third-order valence-corrected chi connectivity index (χ3v) is 3.76. The molecule has 2 atom stereocenters. The van der Waals surface area contributed by atoms with E-state index in [1.54, 1.807) is 0 Å². The number of morpholine rings is 1. The predicted molar refractivity (Wildman–Crippen MR) is 81.5 cm³/mol. The maximum Gasteiger partial charge on any atom is 0.102 e. The highest BCUT2D eigenvalue weighted by Crippen LogP contribution is 2.37. The van der Waals surface area contributed by atoms with Crippen molar-refractivity contribution in [1.82, 2.24) is 5.32 Å². The molecular weight excluding hydrogens is 246 g/mol. The fourth-order valence-electron chi connectivity index (χ4n) is 2.78. The molecule has 0 bridgehead atoms. The number of benzene rings is 2. The molecule has 0 aliphatic carbocycles. The minimum atomic E-state index is -0.00815. The normalized spacial score (nSPS) is 25.3. The molecule has 1 N–H and O–H groups in total. The highest BCUT2D eigenvalue weighted by Gasteiger charge is 2.36. The summed E-state index contributed by atoms with van der Waals surface area (Å²) in [5.41, 5.74) is 2.49. The Morgan fingerprint density at radius 2 is 1.45 bits per heavy atom. The fourth-order valence-corrected chi connectivity index (χ4v) is 2.78. The van der Waals surface area contributed by atoms with Gasteiger partial charge in [-0.2, -0.15) is 0 Å². The van der Waals surface area contributed by atoms with Crippen molar-refractivity contribution in [2.45, 2.75) is 31.5 Å². The van der Waals surface area contributed by atoms with E-state index in [0.29, 0.717) is 0 Å². The van der Waals surface area contributed by atoms with Crippen molar-refractivity contribution in [3.63, 3.8) is 0 Å². The Labute approximate surface area is 120 Å². The SMILES string of the molecule is CC1(C)COC(c2ccccc2)C(c2ccccc2)N1. The Morgan fingerprint density at radius 3 is 2.05 bits per heavy atom. The van der Waals surface area contributed by atoms with Gasteiger partial charge in [0.25, 0.3) is 0 Å². The Kier molecular flexibility index (Phi) is 3.60. The van der Waals surface area contributed by atoms with E-state index in [1.165, 1.54) is 11.1 Å². The monoisotopic (exact) mass is 267 g/mol. The highest BCUT2D eigenvalue weighted by molar-refractivity contribution is 5.27. The van der Waals surface area contributed by atoms with Crippen LogP contribution in [0.25, 0.3) is 0 Å². The molecule has 1 fully saturated rings. The van der Waals surface area contributed by atoms with Gasteiger partial charge in [0.15, 0.2) is 0 Å². The average Bonchev–Trinajstić information content (AvgIpc) is 2.48. The minimum absolute atomic E-state index is 0.00815. The summed E-state index contributed by atoms with van der Waals surface area (Å²) in [4.78, 5) is 0. The van der Waals surface area contributed by atoms with Crippen LogP contribution in [0.3, 0.4) is 0 Å². The Balaban J connectivity index is 1.96. The van der Waals surface area contributed by atoms with E-state index in [0.717, 1.165) is 6.61 Å². The van der Waals surface area contributed by atoms with Gasteiger partial charge in [-0.25, -0.2) is 0 Å². The third kappa shape index (κ3) is 2.77. The molecule has 0 amide bonds. The van der Waals surface area contributed by atoms with Crippen molar-refractivity contribution >= 4 is 0 Å². The molecule has 1 saturated heterocycles. The van der Waals surface area contributed by atoms with E-state index >= 15 is 0 Å². The fraction of sp³-hybridized carbons (Fsp3) is 0.333. The topological polar surface area (TPSA) is 21.3 Å². The summed E-state index contributed by atoms with van der Waals surface area (Å²) in [6.45, 7) is 5.09. The molecule has 2 aromatic rings. The number of hydrogen-bond donors (Lipinski definition) is 1. The molecular formula is C18H21NO. The van der Waals surface area contributed by atoms with Crippen molar-refractivity contribution in [3.8, 4) is 0 Å². The van der Waals surface area contributed by atoms with Crippen LogP contribution in [-0.4, -0.2) is 12.1 Å². The second kappa shape index (κ2) is 5.39. The van der Waals surface area contributed by atoms with Crippen LogP contribution in [0.2, 0.25) is 0 Å². The van der Waals surface area contributed by atoms with Gasteiger partial charge in [0, 0.05) is 5.54 Å². The first-order chi connectivity index (χ1) is 9.66. The van der Waals surface area contributed by atoms with Crippen LogP contribution >= 0.6 is 0 Å². The molecule has 0 spiro atoms. The lowest BCUT2D eigenvalue weighted by molar-refractivity contribution is -0.0556. The van der Waals surface area contributed by atoms with E-state index in [-0.39, 0.29) is 17.7 Å². The largest absolute Gasteiger partial charge is 0.370 e. The lowest BCUT2D eigenvalue weighted by Gasteiger charge is -2.42. The van der Waals surface area contributed by atoms with Crippen LogP contribution in [0.4, 0.5) is 0 Å². The van der Waals surface area contributed by atoms with Gasteiger partial charge in [0.05, 0.1) is 12.6 Å². The zero-order chi connectivity index (χ0) is 14.0. The Bertz CT molecular complexity index is 550. The van der Waals surface area contributed by atoms with E-state index in [9.17, 15) is 0 Å².